The number of benzene rings is 2. The van der Waals surface area contributed by atoms with Gasteiger partial charge in [0.1, 0.15) is 11.4 Å². The number of aromatic nitrogens is 2. The number of aryl methyl sites for hydroxylation is 2. The minimum absolute atomic E-state index is 0.253. The van der Waals surface area contributed by atoms with Crippen molar-refractivity contribution < 1.29 is 9.53 Å². The quantitative estimate of drug-likeness (QED) is 0.698. The lowest BCUT2D eigenvalue weighted by molar-refractivity contribution is 0.0946. The van der Waals surface area contributed by atoms with Crippen molar-refractivity contribution in [2.24, 2.45) is 0 Å². The van der Waals surface area contributed by atoms with Crippen molar-refractivity contribution in [1.29, 1.82) is 0 Å². The number of methoxy groups -OCH3 is 1. The van der Waals surface area contributed by atoms with E-state index in [2.05, 4.69) is 26.7 Å². The Hall–Kier alpha value is -3.41. The Morgan fingerprint density at radius 2 is 1.85 bits per heavy atom. The summed E-state index contributed by atoms with van der Waals surface area (Å²) in [5.74, 6) is 0.916. The molecule has 0 spiro atoms. The van der Waals surface area contributed by atoms with E-state index < -0.39 is 0 Å². The average molecular weight is 362 g/mol. The third kappa shape index (κ3) is 4.82. The van der Waals surface area contributed by atoms with Crippen molar-refractivity contribution in [3.8, 4) is 5.75 Å². The molecule has 0 aliphatic heterocycles. The molecule has 2 N–H and O–H groups in total. The van der Waals surface area contributed by atoms with Gasteiger partial charge in [-0.25, -0.2) is 9.97 Å². The number of carbonyl (C=O) groups is 1. The molecular formula is C21H22N4O2. The monoisotopic (exact) mass is 362 g/mol. The van der Waals surface area contributed by atoms with Gasteiger partial charge in [0.15, 0.2) is 0 Å². The summed E-state index contributed by atoms with van der Waals surface area (Å²) < 4.78 is 5.13. The summed E-state index contributed by atoms with van der Waals surface area (Å²) in [5, 5.41) is 6.03. The van der Waals surface area contributed by atoms with Gasteiger partial charge in [0, 0.05) is 18.4 Å². The molecule has 6 heteroatoms. The fourth-order valence-corrected chi connectivity index (χ4v) is 2.64. The van der Waals surface area contributed by atoms with Gasteiger partial charge >= 0.3 is 0 Å². The first-order valence-electron chi connectivity index (χ1n) is 8.63. The number of hydrogen-bond acceptors (Lipinski definition) is 5. The number of nitrogens with one attached hydrogen (secondary N) is 2. The molecule has 6 nitrogen and oxygen atoms in total. The van der Waals surface area contributed by atoms with Gasteiger partial charge in [-0.2, -0.15) is 0 Å². The number of ether oxygens (including phenoxy) is 1. The minimum Gasteiger partial charge on any atom is -0.497 e. The summed E-state index contributed by atoms with van der Waals surface area (Å²) in [5.41, 5.74) is 4.48. The molecule has 0 aliphatic carbocycles. The number of hydrogen-bond donors (Lipinski definition) is 2. The van der Waals surface area contributed by atoms with Crippen LogP contribution in [0.2, 0.25) is 0 Å². The van der Waals surface area contributed by atoms with Crippen LogP contribution in [-0.4, -0.2) is 23.0 Å². The van der Waals surface area contributed by atoms with E-state index in [4.69, 9.17) is 4.74 Å². The summed E-state index contributed by atoms with van der Waals surface area (Å²) in [7, 11) is 1.62. The highest BCUT2D eigenvalue weighted by molar-refractivity contribution is 5.92. The van der Waals surface area contributed by atoms with Gasteiger partial charge in [-0.15, -0.1) is 0 Å². The Bertz CT molecular complexity index is 939. The van der Waals surface area contributed by atoms with E-state index in [9.17, 15) is 4.79 Å². The predicted octanol–water partition coefficient (Wildman–Crippen LogP) is 3.78. The summed E-state index contributed by atoms with van der Waals surface area (Å²) >= 11 is 0. The van der Waals surface area contributed by atoms with Crippen molar-refractivity contribution >= 4 is 17.5 Å². The second-order valence-electron chi connectivity index (χ2n) is 6.24. The maximum atomic E-state index is 12.4. The smallest absolute Gasteiger partial charge is 0.270 e. The van der Waals surface area contributed by atoms with E-state index in [-0.39, 0.29) is 5.91 Å². The molecule has 2 aromatic carbocycles. The van der Waals surface area contributed by atoms with Crippen LogP contribution in [0.1, 0.15) is 27.2 Å². The maximum absolute atomic E-state index is 12.4. The lowest BCUT2D eigenvalue weighted by Gasteiger charge is -2.10. The molecule has 1 aromatic heterocycles. The highest BCUT2D eigenvalue weighted by atomic mass is 16.5. The number of carbonyl (C=O) groups excluding carboxylic acids is 1. The normalized spacial score (nSPS) is 10.3. The molecule has 0 aliphatic rings. The SMILES string of the molecule is COc1ccc(CNC(=O)c2ccnc(Nc3ccc(C)cc3C)n2)cc1. The second kappa shape index (κ2) is 8.31. The fraction of sp³-hybridized carbons (Fsp3) is 0.190. The molecule has 3 rings (SSSR count). The number of rotatable bonds is 6. The first kappa shape index (κ1) is 18.4. The van der Waals surface area contributed by atoms with Gasteiger partial charge < -0.3 is 15.4 Å². The van der Waals surface area contributed by atoms with Crippen LogP contribution in [-0.2, 0) is 6.54 Å². The maximum Gasteiger partial charge on any atom is 0.270 e. The van der Waals surface area contributed by atoms with Crippen LogP contribution in [0, 0.1) is 13.8 Å². The molecule has 1 amide bonds. The molecule has 0 fully saturated rings. The van der Waals surface area contributed by atoms with Crippen LogP contribution in [0.3, 0.4) is 0 Å². The van der Waals surface area contributed by atoms with E-state index in [1.165, 1.54) is 5.56 Å². The van der Waals surface area contributed by atoms with E-state index >= 15 is 0 Å². The molecule has 0 radical (unpaired) electrons. The molecule has 27 heavy (non-hydrogen) atoms. The molecule has 0 unspecified atom stereocenters. The molecule has 3 aromatic rings. The van der Waals surface area contributed by atoms with Crippen LogP contribution >= 0.6 is 0 Å². The summed E-state index contributed by atoms with van der Waals surface area (Å²) in [4.78, 5) is 20.9. The van der Waals surface area contributed by atoms with Crippen molar-refractivity contribution in [3.05, 3.63) is 77.1 Å². The van der Waals surface area contributed by atoms with Crippen LogP contribution in [0.4, 0.5) is 11.6 Å². The second-order valence-corrected chi connectivity index (χ2v) is 6.24. The fourth-order valence-electron chi connectivity index (χ4n) is 2.64. The lowest BCUT2D eigenvalue weighted by atomic mass is 10.1. The first-order chi connectivity index (χ1) is 13.0. The Morgan fingerprint density at radius 1 is 1.07 bits per heavy atom. The van der Waals surface area contributed by atoms with Crippen molar-refractivity contribution in [1.82, 2.24) is 15.3 Å². The van der Waals surface area contributed by atoms with Crippen LogP contribution < -0.4 is 15.4 Å². The Labute approximate surface area is 158 Å². The largest absolute Gasteiger partial charge is 0.497 e. The Kier molecular flexibility index (Phi) is 5.66. The van der Waals surface area contributed by atoms with Crippen LogP contribution in [0.25, 0.3) is 0 Å². The number of anilines is 2. The highest BCUT2D eigenvalue weighted by Crippen LogP contribution is 2.19. The van der Waals surface area contributed by atoms with Crippen molar-refractivity contribution in [2.75, 3.05) is 12.4 Å². The van der Waals surface area contributed by atoms with Gasteiger partial charge in [0.05, 0.1) is 7.11 Å². The molecule has 0 saturated heterocycles. The van der Waals surface area contributed by atoms with Gasteiger partial charge in [0.25, 0.3) is 5.91 Å². The third-order valence-electron chi connectivity index (χ3n) is 4.13. The number of amides is 1. The summed E-state index contributed by atoms with van der Waals surface area (Å²) in [6, 6.07) is 15.2. The standard InChI is InChI=1S/C21H22N4O2/c1-14-4-9-18(15(2)12-14)24-21-22-11-10-19(25-21)20(26)23-13-16-5-7-17(27-3)8-6-16/h4-12H,13H2,1-3H3,(H,23,26)(H,22,24,25). The molecule has 138 valence electrons. The van der Waals surface area contributed by atoms with E-state index in [1.807, 2.05) is 50.2 Å². The van der Waals surface area contributed by atoms with Crippen LogP contribution in [0.5, 0.6) is 5.75 Å². The Morgan fingerprint density at radius 3 is 2.56 bits per heavy atom. The summed E-state index contributed by atoms with van der Waals surface area (Å²) in [6.07, 6.45) is 1.57. The summed E-state index contributed by atoms with van der Waals surface area (Å²) in [6.45, 7) is 4.47. The molecule has 0 bridgehead atoms. The topological polar surface area (TPSA) is 76.1 Å². The highest BCUT2D eigenvalue weighted by Gasteiger charge is 2.09. The third-order valence-corrected chi connectivity index (χ3v) is 4.13. The number of nitrogens with zero attached hydrogens (tertiary/aromatic N) is 2. The molecular weight excluding hydrogens is 340 g/mol. The zero-order valence-electron chi connectivity index (χ0n) is 15.6. The molecule has 0 saturated carbocycles. The van der Waals surface area contributed by atoms with Gasteiger partial charge in [-0.05, 0) is 49.2 Å². The van der Waals surface area contributed by atoms with Gasteiger partial charge in [0.2, 0.25) is 5.95 Å². The van der Waals surface area contributed by atoms with E-state index in [1.54, 1.807) is 19.4 Å². The molecule has 0 atom stereocenters. The van der Waals surface area contributed by atoms with E-state index in [0.29, 0.717) is 18.2 Å². The molecule has 1 heterocycles. The van der Waals surface area contributed by atoms with Crippen molar-refractivity contribution in [2.45, 2.75) is 20.4 Å². The van der Waals surface area contributed by atoms with Crippen LogP contribution in [0.15, 0.2) is 54.7 Å². The minimum atomic E-state index is -0.253. The predicted molar refractivity (Wildman–Crippen MR) is 105 cm³/mol. The van der Waals surface area contributed by atoms with Crippen molar-refractivity contribution in [3.63, 3.8) is 0 Å². The zero-order chi connectivity index (χ0) is 19.2. The Balaban J connectivity index is 1.65. The zero-order valence-corrected chi connectivity index (χ0v) is 15.6. The van der Waals surface area contributed by atoms with E-state index in [0.717, 1.165) is 22.6 Å². The lowest BCUT2D eigenvalue weighted by Crippen LogP contribution is -2.24. The average Bonchev–Trinajstić information content (AvgIpc) is 2.69. The van der Waals surface area contributed by atoms with Gasteiger partial charge in [-0.1, -0.05) is 29.8 Å². The van der Waals surface area contributed by atoms with Gasteiger partial charge in [-0.3, -0.25) is 4.79 Å². The first-order valence-corrected chi connectivity index (χ1v) is 8.63.